The lowest BCUT2D eigenvalue weighted by Crippen LogP contribution is -2.17. The summed E-state index contributed by atoms with van der Waals surface area (Å²) in [5.41, 5.74) is 1.84. The number of benzene rings is 3. The van der Waals surface area contributed by atoms with Crippen molar-refractivity contribution in [2.24, 2.45) is 0 Å². The molecule has 1 aliphatic rings. The number of nitrogens with one attached hydrogen (secondary N) is 2. The molecule has 0 atom stereocenters. The van der Waals surface area contributed by atoms with Gasteiger partial charge < -0.3 is 20.1 Å². The first kappa shape index (κ1) is 18.8. The van der Waals surface area contributed by atoms with Gasteiger partial charge in [-0.1, -0.05) is 29.8 Å². The minimum Gasteiger partial charge on any atom is -0.486 e. The summed E-state index contributed by atoms with van der Waals surface area (Å²) in [7, 11) is 0. The van der Waals surface area contributed by atoms with E-state index < -0.39 is 0 Å². The average molecular weight is 409 g/mol. The molecule has 146 valence electrons. The summed E-state index contributed by atoms with van der Waals surface area (Å²) in [6, 6.07) is 18.7. The predicted molar refractivity (Wildman–Crippen MR) is 111 cm³/mol. The number of halogens is 1. The molecule has 0 unspecified atom stereocenters. The lowest BCUT2D eigenvalue weighted by Gasteiger charge is -2.18. The third kappa shape index (κ3) is 4.33. The van der Waals surface area contributed by atoms with Gasteiger partial charge in [0.25, 0.3) is 11.8 Å². The minimum absolute atomic E-state index is 0.289. The van der Waals surface area contributed by atoms with Crippen LogP contribution in [0.2, 0.25) is 5.02 Å². The van der Waals surface area contributed by atoms with E-state index in [9.17, 15) is 9.59 Å². The van der Waals surface area contributed by atoms with E-state index in [1.807, 2.05) is 6.07 Å². The van der Waals surface area contributed by atoms with Crippen LogP contribution in [0.1, 0.15) is 20.7 Å². The van der Waals surface area contributed by atoms with Crippen LogP contribution in [0.3, 0.4) is 0 Å². The van der Waals surface area contributed by atoms with Crippen molar-refractivity contribution in [3.05, 3.63) is 82.9 Å². The predicted octanol–water partition coefficient (Wildman–Crippen LogP) is 4.62. The number of amides is 2. The molecule has 2 amide bonds. The molecule has 0 aliphatic carbocycles. The topological polar surface area (TPSA) is 76.7 Å². The molecule has 3 aromatic rings. The van der Waals surface area contributed by atoms with Gasteiger partial charge in [0.2, 0.25) is 0 Å². The molecule has 0 fully saturated rings. The Morgan fingerprint density at radius 2 is 1.48 bits per heavy atom. The van der Waals surface area contributed by atoms with Gasteiger partial charge in [-0.25, -0.2) is 0 Å². The number of fused-ring (bicyclic) bond motifs is 1. The van der Waals surface area contributed by atoms with Gasteiger partial charge in [0.1, 0.15) is 13.2 Å². The summed E-state index contributed by atoms with van der Waals surface area (Å²) in [5.74, 6) is 0.550. The number of hydrogen-bond acceptors (Lipinski definition) is 4. The molecule has 0 spiro atoms. The number of anilines is 2. The van der Waals surface area contributed by atoms with Crippen LogP contribution in [0, 0.1) is 0 Å². The Labute approximate surface area is 172 Å². The molecule has 0 saturated heterocycles. The van der Waals surface area contributed by atoms with Crippen molar-refractivity contribution in [1.82, 2.24) is 0 Å². The van der Waals surface area contributed by atoms with Crippen LogP contribution in [0.15, 0.2) is 66.7 Å². The number of carbonyl (C=O) groups is 2. The third-order valence-electron chi connectivity index (χ3n) is 4.31. The number of carbonyl (C=O) groups excluding carboxylic acids is 2. The summed E-state index contributed by atoms with van der Waals surface area (Å²) in [6.07, 6.45) is 0. The molecule has 1 aliphatic heterocycles. The highest BCUT2D eigenvalue weighted by Gasteiger charge is 2.16. The Balaban J connectivity index is 1.50. The largest absolute Gasteiger partial charge is 0.486 e. The first-order chi connectivity index (χ1) is 14.1. The van der Waals surface area contributed by atoms with E-state index in [-0.39, 0.29) is 11.8 Å². The first-order valence-electron chi connectivity index (χ1n) is 8.97. The van der Waals surface area contributed by atoms with Crippen molar-refractivity contribution >= 4 is 34.8 Å². The molecular weight excluding hydrogens is 392 g/mol. The van der Waals surface area contributed by atoms with Gasteiger partial charge >= 0.3 is 0 Å². The minimum atomic E-state index is -0.315. The van der Waals surface area contributed by atoms with E-state index in [2.05, 4.69) is 10.6 Å². The van der Waals surface area contributed by atoms with E-state index in [0.29, 0.717) is 52.2 Å². The van der Waals surface area contributed by atoms with Crippen molar-refractivity contribution in [3.8, 4) is 11.5 Å². The van der Waals surface area contributed by atoms with Crippen molar-refractivity contribution in [2.45, 2.75) is 0 Å². The highest BCUT2D eigenvalue weighted by Crippen LogP contribution is 2.31. The van der Waals surface area contributed by atoms with Gasteiger partial charge in [-0.2, -0.15) is 0 Å². The summed E-state index contributed by atoms with van der Waals surface area (Å²) in [5, 5.41) is 5.93. The molecule has 4 rings (SSSR count). The summed E-state index contributed by atoms with van der Waals surface area (Å²) in [6.45, 7) is 0.931. The zero-order valence-electron chi connectivity index (χ0n) is 15.3. The normalized spacial score (nSPS) is 12.2. The fourth-order valence-electron chi connectivity index (χ4n) is 2.87. The number of ether oxygens (including phenoxy) is 2. The second kappa shape index (κ2) is 8.24. The van der Waals surface area contributed by atoms with Gasteiger partial charge in [0.15, 0.2) is 11.5 Å². The Morgan fingerprint density at radius 1 is 0.759 bits per heavy atom. The van der Waals surface area contributed by atoms with Gasteiger partial charge in [-0.15, -0.1) is 0 Å². The Morgan fingerprint density at radius 3 is 2.28 bits per heavy atom. The zero-order chi connectivity index (χ0) is 20.2. The molecule has 0 aromatic heterocycles. The molecule has 1 heterocycles. The van der Waals surface area contributed by atoms with Crippen molar-refractivity contribution in [3.63, 3.8) is 0 Å². The first-order valence-corrected chi connectivity index (χ1v) is 9.35. The molecule has 2 N–H and O–H groups in total. The average Bonchev–Trinajstić information content (AvgIpc) is 2.76. The van der Waals surface area contributed by atoms with Crippen LogP contribution in [-0.2, 0) is 0 Å². The standard InChI is InChI=1S/C22H17ClN2O4/c23-17-8-7-16(13-18(17)25-21(26)14-4-2-1-3-5-14)24-22(27)15-6-9-19-20(12-15)29-11-10-28-19/h1-9,12-13H,10-11H2,(H,24,27)(H,25,26). The quantitative estimate of drug-likeness (QED) is 0.660. The van der Waals surface area contributed by atoms with Gasteiger partial charge in [-0.05, 0) is 48.5 Å². The second-order valence-electron chi connectivity index (χ2n) is 6.33. The monoisotopic (exact) mass is 408 g/mol. The van der Waals surface area contributed by atoms with E-state index in [1.165, 1.54) is 0 Å². The maximum Gasteiger partial charge on any atom is 0.255 e. The van der Waals surface area contributed by atoms with Gasteiger partial charge in [-0.3, -0.25) is 9.59 Å². The SMILES string of the molecule is O=C(Nc1ccc(Cl)c(NC(=O)c2ccccc2)c1)c1ccc2c(c1)OCCO2. The number of hydrogen-bond donors (Lipinski definition) is 2. The molecule has 7 heteroatoms. The highest BCUT2D eigenvalue weighted by atomic mass is 35.5. The maximum atomic E-state index is 12.6. The molecule has 0 saturated carbocycles. The fourth-order valence-corrected chi connectivity index (χ4v) is 3.04. The van der Waals surface area contributed by atoms with Crippen molar-refractivity contribution < 1.29 is 19.1 Å². The Hall–Kier alpha value is -3.51. The Kier molecular flexibility index (Phi) is 5.35. The van der Waals surface area contributed by atoms with E-state index in [1.54, 1.807) is 60.7 Å². The molecule has 6 nitrogen and oxygen atoms in total. The maximum absolute atomic E-state index is 12.6. The zero-order valence-corrected chi connectivity index (χ0v) is 16.0. The third-order valence-corrected chi connectivity index (χ3v) is 4.64. The lowest BCUT2D eigenvalue weighted by atomic mass is 10.1. The van der Waals surface area contributed by atoms with Gasteiger partial charge in [0.05, 0.1) is 10.7 Å². The smallest absolute Gasteiger partial charge is 0.255 e. The van der Waals surface area contributed by atoms with Crippen LogP contribution in [-0.4, -0.2) is 25.0 Å². The van der Waals surface area contributed by atoms with Gasteiger partial charge in [0, 0.05) is 16.8 Å². The highest BCUT2D eigenvalue weighted by molar-refractivity contribution is 6.34. The van der Waals surface area contributed by atoms with Crippen LogP contribution in [0.5, 0.6) is 11.5 Å². The van der Waals surface area contributed by atoms with Crippen molar-refractivity contribution in [1.29, 1.82) is 0 Å². The van der Waals surface area contributed by atoms with E-state index in [4.69, 9.17) is 21.1 Å². The van der Waals surface area contributed by atoms with Crippen LogP contribution < -0.4 is 20.1 Å². The lowest BCUT2D eigenvalue weighted by molar-refractivity contribution is 0.101. The molecule has 0 radical (unpaired) electrons. The summed E-state index contributed by atoms with van der Waals surface area (Å²) >= 11 is 6.20. The van der Waals surface area contributed by atoms with Crippen LogP contribution >= 0.6 is 11.6 Å². The second-order valence-corrected chi connectivity index (χ2v) is 6.73. The van der Waals surface area contributed by atoms with Crippen LogP contribution in [0.25, 0.3) is 0 Å². The molecular formula is C22H17ClN2O4. The molecule has 0 bridgehead atoms. The Bertz CT molecular complexity index is 1070. The fraction of sp³-hybridized carbons (Fsp3) is 0.0909. The van der Waals surface area contributed by atoms with Crippen molar-refractivity contribution in [2.75, 3.05) is 23.8 Å². The summed E-state index contributed by atoms with van der Waals surface area (Å²) < 4.78 is 11.0. The summed E-state index contributed by atoms with van der Waals surface area (Å²) in [4.78, 5) is 25.0. The molecule has 29 heavy (non-hydrogen) atoms. The molecule has 3 aromatic carbocycles. The van der Waals surface area contributed by atoms with E-state index in [0.717, 1.165) is 0 Å². The number of rotatable bonds is 4. The van der Waals surface area contributed by atoms with E-state index >= 15 is 0 Å². The van der Waals surface area contributed by atoms with Crippen LogP contribution in [0.4, 0.5) is 11.4 Å².